The van der Waals surface area contributed by atoms with Gasteiger partial charge in [0, 0.05) is 4.47 Å². The van der Waals surface area contributed by atoms with Crippen LogP contribution >= 0.6 is 27.5 Å². The summed E-state index contributed by atoms with van der Waals surface area (Å²) in [6.07, 6.45) is 1.01. The second-order valence-corrected chi connectivity index (χ2v) is 9.06. The van der Waals surface area contributed by atoms with Gasteiger partial charge in [-0.2, -0.15) is 5.10 Å². The van der Waals surface area contributed by atoms with Gasteiger partial charge in [0.05, 0.1) is 29.8 Å². The van der Waals surface area contributed by atoms with Gasteiger partial charge in [0.25, 0.3) is 5.91 Å². The highest BCUT2D eigenvalue weighted by atomic mass is 79.9. The van der Waals surface area contributed by atoms with Crippen molar-refractivity contribution >= 4 is 54.9 Å². The summed E-state index contributed by atoms with van der Waals surface area (Å²) in [7, 11) is -2.27. The zero-order valence-corrected chi connectivity index (χ0v) is 18.6. The van der Waals surface area contributed by atoms with E-state index in [0.29, 0.717) is 11.5 Å². The highest BCUT2D eigenvalue weighted by Gasteiger charge is 2.21. The van der Waals surface area contributed by atoms with Gasteiger partial charge in [-0.05, 0) is 42.8 Å². The second kappa shape index (κ2) is 9.40. The molecule has 2 aromatic carbocycles. The number of ether oxygens (including phenoxy) is 1. The Kier molecular flexibility index (Phi) is 7.45. The van der Waals surface area contributed by atoms with Gasteiger partial charge in [-0.25, -0.2) is 13.8 Å². The minimum absolute atomic E-state index is 0.234. The maximum atomic E-state index is 12.3. The molecule has 0 aliphatic heterocycles. The Morgan fingerprint density at radius 1 is 1.29 bits per heavy atom. The maximum absolute atomic E-state index is 12.3. The van der Waals surface area contributed by atoms with Gasteiger partial charge in [-0.3, -0.25) is 9.10 Å². The number of nitrogens with zero attached hydrogens (tertiary/aromatic N) is 2. The lowest BCUT2D eigenvalue weighted by Crippen LogP contribution is -2.39. The molecule has 7 nitrogen and oxygen atoms in total. The topological polar surface area (TPSA) is 88.1 Å². The molecule has 0 fully saturated rings. The summed E-state index contributed by atoms with van der Waals surface area (Å²) in [5, 5.41) is 4.27. The number of benzene rings is 2. The van der Waals surface area contributed by atoms with E-state index < -0.39 is 22.5 Å². The van der Waals surface area contributed by atoms with Crippen LogP contribution in [0.2, 0.25) is 5.02 Å². The van der Waals surface area contributed by atoms with E-state index in [1.54, 1.807) is 6.92 Å². The van der Waals surface area contributed by atoms with Gasteiger partial charge >= 0.3 is 0 Å². The summed E-state index contributed by atoms with van der Waals surface area (Å²) in [6, 6.07) is 11.9. The Morgan fingerprint density at radius 2 is 2.00 bits per heavy atom. The lowest BCUT2D eigenvalue weighted by atomic mass is 10.1. The third-order valence-corrected chi connectivity index (χ3v) is 5.63. The first-order valence-corrected chi connectivity index (χ1v) is 11.0. The average Bonchev–Trinajstić information content (AvgIpc) is 2.63. The van der Waals surface area contributed by atoms with Crippen LogP contribution in [0.3, 0.4) is 0 Å². The van der Waals surface area contributed by atoms with Crippen LogP contribution < -0.4 is 14.5 Å². The highest BCUT2D eigenvalue weighted by molar-refractivity contribution is 9.10. The lowest BCUT2D eigenvalue weighted by molar-refractivity contribution is -0.119. The van der Waals surface area contributed by atoms with Crippen molar-refractivity contribution in [1.29, 1.82) is 0 Å². The minimum atomic E-state index is -3.73. The fourth-order valence-corrected chi connectivity index (χ4v) is 3.80. The summed E-state index contributed by atoms with van der Waals surface area (Å²) in [4.78, 5) is 12.3. The molecule has 1 N–H and O–H groups in total. The first-order chi connectivity index (χ1) is 13.1. The van der Waals surface area contributed by atoms with Crippen molar-refractivity contribution in [3.63, 3.8) is 0 Å². The largest absolute Gasteiger partial charge is 0.495 e. The van der Waals surface area contributed by atoms with Crippen molar-refractivity contribution in [3.05, 3.63) is 57.5 Å². The summed E-state index contributed by atoms with van der Waals surface area (Å²) in [5.74, 6) is -0.190. The van der Waals surface area contributed by atoms with Gasteiger partial charge in [-0.1, -0.05) is 39.7 Å². The quantitative estimate of drug-likeness (QED) is 0.478. The molecular weight excluding hydrogens is 470 g/mol. The van der Waals surface area contributed by atoms with Crippen LogP contribution in [0.15, 0.2) is 52.0 Å². The molecule has 150 valence electrons. The highest BCUT2D eigenvalue weighted by Crippen LogP contribution is 2.30. The Bertz CT molecular complexity index is 1010. The maximum Gasteiger partial charge on any atom is 0.260 e. The Morgan fingerprint density at radius 3 is 2.57 bits per heavy atom. The summed E-state index contributed by atoms with van der Waals surface area (Å²) in [5.41, 5.74) is 4.02. The van der Waals surface area contributed by atoms with E-state index in [1.165, 1.54) is 25.3 Å². The van der Waals surface area contributed by atoms with Gasteiger partial charge in [0.1, 0.15) is 12.3 Å². The van der Waals surface area contributed by atoms with Crippen molar-refractivity contribution in [1.82, 2.24) is 5.43 Å². The molecule has 0 unspecified atom stereocenters. The minimum Gasteiger partial charge on any atom is -0.495 e. The fourth-order valence-electron chi connectivity index (χ4n) is 2.30. The standard InChI is InChI=1S/C18H19BrClN3O4S/c1-12(13-5-4-6-14(19)9-13)21-22-18(24)11-23(28(3,25)26)15-7-8-17(27-2)16(20)10-15/h4-10H,11H2,1-3H3,(H,22,24)/b21-12-. The SMILES string of the molecule is COc1ccc(N(CC(=O)N/N=C(/C)c2cccc(Br)c2)S(C)(=O)=O)cc1Cl. The third kappa shape index (κ3) is 5.95. The Hall–Kier alpha value is -2.10. The van der Waals surface area contributed by atoms with Crippen LogP contribution in [0.5, 0.6) is 5.75 Å². The first kappa shape index (κ1) is 22.2. The molecule has 0 atom stereocenters. The number of methoxy groups -OCH3 is 1. The van der Waals surface area contributed by atoms with E-state index in [0.717, 1.165) is 20.6 Å². The van der Waals surface area contributed by atoms with Crippen LogP contribution in [-0.4, -0.2) is 39.9 Å². The van der Waals surface area contributed by atoms with E-state index in [2.05, 4.69) is 26.5 Å². The van der Waals surface area contributed by atoms with Crippen LogP contribution in [0.1, 0.15) is 12.5 Å². The molecule has 0 aromatic heterocycles. The monoisotopic (exact) mass is 487 g/mol. The fraction of sp³-hybridized carbons (Fsp3) is 0.222. The number of sulfonamides is 1. The Labute approximate surface area is 177 Å². The second-order valence-electron chi connectivity index (χ2n) is 5.83. The number of halogens is 2. The van der Waals surface area contributed by atoms with E-state index in [4.69, 9.17) is 16.3 Å². The molecule has 0 saturated carbocycles. The van der Waals surface area contributed by atoms with E-state index >= 15 is 0 Å². The van der Waals surface area contributed by atoms with Gasteiger partial charge < -0.3 is 4.74 Å². The molecule has 0 radical (unpaired) electrons. The molecule has 2 rings (SSSR count). The molecule has 28 heavy (non-hydrogen) atoms. The summed E-state index contributed by atoms with van der Waals surface area (Å²) < 4.78 is 31.2. The number of hydrogen-bond donors (Lipinski definition) is 1. The molecule has 1 amide bonds. The molecule has 0 saturated heterocycles. The molecule has 0 heterocycles. The third-order valence-electron chi connectivity index (χ3n) is 3.70. The molecule has 0 spiro atoms. The number of hydrogen-bond acceptors (Lipinski definition) is 5. The smallest absolute Gasteiger partial charge is 0.260 e. The molecule has 0 aliphatic carbocycles. The first-order valence-electron chi connectivity index (χ1n) is 8.02. The van der Waals surface area contributed by atoms with Crippen LogP contribution in [0.4, 0.5) is 5.69 Å². The number of hydrazone groups is 1. The predicted octanol–water partition coefficient (Wildman–Crippen LogP) is 3.42. The van der Waals surface area contributed by atoms with Crippen molar-refractivity contribution < 1.29 is 17.9 Å². The van der Waals surface area contributed by atoms with E-state index in [1.807, 2.05) is 24.3 Å². The molecular formula is C18H19BrClN3O4S. The van der Waals surface area contributed by atoms with E-state index in [9.17, 15) is 13.2 Å². The van der Waals surface area contributed by atoms with Gasteiger partial charge in [0.15, 0.2) is 0 Å². The summed E-state index contributed by atoms with van der Waals surface area (Å²) >= 11 is 9.44. The molecule has 0 aliphatic rings. The molecule has 0 bridgehead atoms. The number of rotatable bonds is 7. The van der Waals surface area contributed by atoms with Crippen molar-refractivity contribution in [2.45, 2.75) is 6.92 Å². The zero-order chi connectivity index (χ0) is 20.9. The zero-order valence-electron chi connectivity index (χ0n) is 15.4. The average molecular weight is 489 g/mol. The van der Waals surface area contributed by atoms with Crippen LogP contribution in [0.25, 0.3) is 0 Å². The number of amides is 1. The van der Waals surface area contributed by atoms with Crippen molar-refractivity contribution in [3.8, 4) is 5.75 Å². The van der Waals surface area contributed by atoms with Gasteiger partial charge in [-0.15, -0.1) is 0 Å². The molecule has 2 aromatic rings. The number of carbonyl (C=O) groups excluding carboxylic acids is 1. The number of anilines is 1. The predicted molar refractivity (Wildman–Crippen MR) is 115 cm³/mol. The van der Waals surface area contributed by atoms with Crippen LogP contribution in [0, 0.1) is 0 Å². The van der Waals surface area contributed by atoms with Gasteiger partial charge in [0.2, 0.25) is 10.0 Å². The normalized spacial score (nSPS) is 11.8. The lowest BCUT2D eigenvalue weighted by Gasteiger charge is -2.22. The number of nitrogens with one attached hydrogen (secondary N) is 1. The number of carbonyl (C=O) groups is 1. The van der Waals surface area contributed by atoms with Crippen LogP contribution in [-0.2, 0) is 14.8 Å². The Balaban J connectivity index is 2.18. The molecule has 10 heteroatoms. The van der Waals surface area contributed by atoms with E-state index in [-0.39, 0.29) is 10.7 Å². The van der Waals surface area contributed by atoms with Crippen molar-refractivity contribution in [2.75, 3.05) is 24.2 Å². The van der Waals surface area contributed by atoms with Crippen molar-refractivity contribution in [2.24, 2.45) is 5.10 Å². The summed E-state index contributed by atoms with van der Waals surface area (Å²) in [6.45, 7) is 1.29.